The lowest BCUT2D eigenvalue weighted by Crippen LogP contribution is -2.52. The van der Waals surface area contributed by atoms with Gasteiger partial charge in [-0.2, -0.15) is 16.8 Å². The van der Waals surface area contributed by atoms with Gasteiger partial charge in [0, 0.05) is 73.1 Å². The van der Waals surface area contributed by atoms with Crippen LogP contribution in [0.15, 0.2) is 91.0 Å². The zero-order valence-corrected chi connectivity index (χ0v) is 54.3. The first-order valence-corrected chi connectivity index (χ1v) is 34.8. The first kappa shape index (κ1) is 65.7. The highest BCUT2D eigenvalue weighted by Crippen LogP contribution is 2.42. The Hall–Kier alpha value is -5.69. The number of ketones is 1. The maximum Gasteiger partial charge on any atom is 0.277 e. The lowest BCUT2D eigenvalue weighted by molar-refractivity contribution is -0.118. The van der Waals surface area contributed by atoms with Crippen LogP contribution in [0.3, 0.4) is 0 Å². The Bertz CT molecular complexity index is 3510. The van der Waals surface area contributed by atoms with Gasteiger partial charge in [0.05, 0.1) is 60.4 Å². The Morgan fingerprint density at radius 2 is 1.30 bits per heavy atom. The third-order valence-corrected chi connectivity index (χ3v) is 23.4. The monoisotopic (exact) mass is 1270 g/mol. The molecular weight excluding hydrogens is 1190 g/mol. The number of fused-ring (bicyclic) bond motifs is 6. The van der Waals surface area contributed by atoms with Crippen molar-refractivity contribution in [1.82, 2.24) is 9.80 Å². The van der Waals surface area contributed by atoms with Crippen LogP contribution in [0.5, 0.6) is 17.2 Å². The highest BCUT2D eigenvalue weighted by molar-refractivity contribution is 8.77. The van der Waals surface area contributed by atoms with Crippen LogP contribution >= 0.6 is 21.6 Å². The van der Waals surface area contributed by atoms with Crippen LogP contribution in [0.1, 0.15) is 111 Å². The lowest BCUT2D eigenvalue weighted by atomic mass is 9.91. The topological polar surface area (TPSA) is 203 Å². The smallest absolute Gasteiger partial charge is 0.277 e. The predicted octanol–water partition coefficient (Wildman–Crippen LogP) is 9.50. The first-order chi connectivity index (χ1) is 41.8. The van der Waals surface area contributed by atoms with Crippen molar-refractivity contribution in [3.63, 3.8) is 0 Å². The summed E-state index contributed by atoms with van der Waals surface area (Å²) in [6, 6.07) is 29.0. The summed E-state index contributed by atoms with van der Waals surface area (Å²) in [4.78, 5) is 47.7. The van der Waals surface area contributed by atoms with Crippen LogP contribution < -0.4 is 19.1 Å². The number of carbonyl (C=O) groups excluding carboxylic acids is 3. The van der Waals surface area contributed by atoms with E-state index in [1.54, 1.807) is 55.0 Å². The van der Waals surface area contributed by atoms with Gasteiger partial charge in [-0.25, -0.2) is 0 Å². The average Bonchev–Trinajstić information content (AvgIpc) is 1.76. The van der Waals surface area contributed by atoms with Gasteiger partial charge in [0.15, 0.2) is 17.3 Å². The van der Waals surface area contributed by atoms with Gasteiger partial charge in [-0.1, -0.05) is 77.0 Å². The molecule has 0 fully saturated rings. The van der Waals surface area contributed by atoms with Crippen molar-refractivity contribution in [1.29, 1.82) is 0 Å². The van der Waals surface area contributed by atoms with Crippen molar-refractivity contribution < 1.29 is 68.0 Å². The molecule has 22 heteroatoms. The number of aryl methyl sites for hydroxylation is 2. The van der Waals surface area contributed by atoms with Gasteiger partial charge in [-0.3, -0.25) is 22.7 Å². The molecule has 5 aromatic carbocycles. The minimum Gasteiger partial charge on any atom is -0.493 e. The number of ether oxygens (including phenoxy) is 6. The Morgan fingerprint density at radius 3 is 1.95 bits per heavy atom. The summed E-state index contributed by atoms with van der Waals surface area (Å²) in [6.07, 6.45) is 2.85. The van der Waals surface area contributed by atoms with Gasteiger partial charge in [0.1, 0.15) is 29.5 Å². The van der Waals surface area contributed by atoms with Crippen molar-refractivity contribution in [3.05, 3.63) is 152 Å². The van der Waals surface area contributed by atoms with Gasteiger partial charge in [-0.15, -0.1) is 0 Å². The molecule has 2 amide bonds. The number of rotatable bonds is 30. The molecule has 0 saturated carbocycles. The molecule has 0 spiro atoms. The van der Waals surface area contributed by atoms with Crippen LogP contribution in [-0.4, -0.2) is 152 Å². The molecule has 0 saturated heterocycles. The molecular formula is C65H81N3O15S4. The number of hydrogen-bond acceptors (Lipinski definition) is 18. The maximum atomic E-state index is 14.6. The fourth-order valence-electron chi connectivity index (χ4n) is 12.1. The minimum atomic E-state index is -4.12. The third kappa shape index (κ3) is 15.8. The number of anilines is 1. The summed E-state index contributed by atoms with van der Waals surface area (Å²) >= 11 is 0. The van der Waals surface area contributed by atoms with Crippen LogP contribution in [0.25, 0.3) is 0 Å². The summed E-state index contributed by atoms with van der Waals surface area (Å²) in [7, 11) is 0.336. The van der Waals surface area contributed by atoms with Crippen LogP contribution in [0.4, 0.5) is 5.69 Å². The van der Waals surface area contributed by atoms with Crippen LogP contribution in [0.2, 0.25) is 0 Å². The standard InChI is InChI=1S/C65H81N3O15S4/c1-9-57(69)61(86(72,73)78-7)20-27-84-85-65(3,4)42-66(21-22-80-25-26-81-24-23-76-5)53-30-44(29-45(31-53)41-83-60-34-48-18-19-52-32-46-14-10-12-16-49(46)38-67(52)63(70)55(48)37-59(60)77-6)40-82-58-35-51-36-62(87(74,75)79-8)56-33-47-15-11-13-17-50(47)39-68(56)64(71)54(51)28-43(58)2/h10-17,28-31,34-35,37,52,56,61-62H,9,18-27,32-33,36,38-42H2,1-8H3/t52-,56+,61?,62?/m1/s1. The van der Waals surface area contributed by atoms with Gasteiger partial charge in [0.2, 0.25) is 0 Å². The summed E-state index contributed by atoms with van der Waals surface area (Å²) in [5, 5.41) is -2.29. The van der Waals surface area contributed by atoms with Crippen LogP contribution in [0, 0.1) is 6.92 Å². The normalized spacial score (nSPS) is 17.8. The predicted molar refractivity (Wildman–Crippen MR) is 338 cm³/mol. The Balaban J connectivity index is 1.02. The average molecular weight is 1270 g/mol. The second-order valence-corrected chi connectivity index (χ2v) is 30.0. The molecule has 9 rings (SSSR count). The summed E-state index contributed by atoms with van der Waals surface area (Å²) in [6.45, 7) is 11.7. The number of amides is 2. The van der Waals surface area contributed by atoms with E-state index in [1.807, 2.05) is 54.3 Å². The quantitative estimate of drug-likeness (QED) is 0.0239. The van der Waals surface area contributed by atoms with E-state index in [0.29, 0.717) is 111 Å². The van der Waals surface area contributed by atoms with Crippen molar-refractivity contribution in [2.45, 2.75) is 126 Å². The van der Waals surface area contributed by atoms with Gasteiger partial charge < -0.3 is 43.1 Å². The second kappa shape index (κ2) is 29.3. The van der Waals surface area contributed by atoms with E-state index in [9.17, 15) is 31.2 Å². The molecule has 0 bridgehead atoms. The molecule has 0 radical (unpaired) electrons. The summed E-state index contributed by atoms with van der Waals surface area (Å²) < 4.78 is 99.2. The first-order valence-electron chi connectivity index (χ1n) is 29.6. The van der Waals surface area contributed by atoms with Gasteiger partial charge >= 0.3 is 0 Å². The van der Waals surface area contributed by atoms with Crippen molar-refractivity contribution in [2.24, 2.45) is 0 Å². The molecule has 0 aliphatic carbocycles. The zero-order chi connectivity index (χ0) is 62.0. The Kier molecular flexibility index (Phi) is 22.1. The molecule has 4 aliphatic rings. The van der Waals surface area contributed by atoms with Crippen molar-refractivity contribution >= 4 is 65.1 Å². The molecule has 18 nitrogen and oxygen atoms in total. The molecule has 4 aliphatic heterocycles. The number of hydrogen-bond donors (Lipinski definition) is 0. The lowest BCUT2D eigenvalue weighted by Gasteiger charge is -2.38. The van der Waals surface area contributed by atoms with E-state index < -0.39 is 41.5 Å². The highest BCUT2D eigenvalue weighted by atomic mass is 33.1. The van der Waals surface area contributed by atoms with Gasteiger partial charge in [0.25, 0.3) is 32.1 Å². The molecule has 0 N–H and O–H groups in total. The fraction of sp³-hybridized carbons (Fsp3) is 0.492. The summed E-state index contributed by atoms with van der Waals surface area (Å²) in [5.41, 5.74) is 9.98. The van der Waals surface area contributed by atoms with E-state index in [-0.39, 0.29) is 62.7 Å². The summed E-state index contributed by atoms with van der Waals surface area (Å²) in [5.74, 6) is 1.13. The van der Waals surface area contributed by atoms with Crippen LogP contribution in [-0.2, 0) is 99.6 Å². The zero-order valence-electron chi connectivity index (χ0n) is 51.0. The molecule has 2 unspecified atom stereocenters. The number of methoxy groups -OCH3 is 2. The minimum absolute atomic E-state index is 0.0286. The van der Waals surface area contributed by atoms with E-state index >= 15 is 0 Å². The maximum absolute atomic E-state index is 14.6. The number of Topliss-reactive ketones (excluding diaryl/α,β-unsaturated/α-hetero) is 1. The van der Waals surface area contributed by atoms with Crippen molar-refractivity contribution in [2.75, 3.05) is 85.2 Å². The third-order valence-electron chi connectivity index (χ3n) is 16.7. The molecule has 0 aromatic heterocycles. The number of carbonyl (C=O) groups is 3. The Morgan fingerprint density at radius 1 is 0.690 bits per heavy atom. The molecule has 5 aromatic rings. The fourth-order valence-corrected chi connectivity index (χ4v) is 17.3. The molecule has 87 heavy (non-hydrogen) atoms. The Labute approximate surface area is 520 Å². The van der Waals surface area contributed by atoms with E-state index in [1.165, 1.54) is 23.5 Å². The van der Waals surface area contributed by atoms with E-state index in [2.05, 4.69) is 49.1 Å². The largest absolute Gasteiger partial charge is 0.493 e. The molecule has 470 valence electrons. The number of nitrogens with zero attached hydrogens (tertiary/aromatic N) is 3. The van der Waals surface area contributed by atoms with E-state index in [0.717, 1.165) is 59.0 Å². The van der Waals surface area contributed by atoms with Crippen molar-refractivity contribution in [3.8, 4) is 17.2 Å². The number of benzene rings is 5. The molecule has 4 heterocycles. The SMILES string of the molecule is CCC(=O)C(CCSSC(C)(C)CN(CCOCCOCCOC)c1cc(COc2cc3c(cc2C)C(=O)N2Cc4ccccc4C[C@H]2C(S(=O)(=O)OC)C3)cc(COc2cc3c(cc2OC)C(=O)N2Cc4ccccc4C[C@H]2CC3)c1)S(=O)(=O)OC. The van der Waals surface area contributed by atoms with Gasteiger partial charge in [-0.05, 0) is 152 Å². The van der Waals surface area contributed by atoms with E-state index in [4.69, 9.17) is 36.8 Å². The highest BCUT2D eigenvalue weighted by Gasteiger charge is 2.46. The molecule has 4 atom stereocenters. The second-order valence-electron chi connectivity index (χ2n) is 23.1.